The van der Waals surface area contributed by atoms with Gasteiger partial charge in [0, 0.05) is 24.5 Å². The molecule has 0 aliphatic rings. The molecular formula is C14H25N3S. The second-order valence-corrected chi connectivity index (χ2v) is 5.63. The SMILES string of the molecule is CCCCCCCNCc1cnc(SCC)nc1. The van der Waals surface area contributed by atoms with E-state index in [0.717, 1.165) is 24.0 Å². The Hall–Kier alpha value is -0.610. The Kier molecular flexibility index (Phi) is 8.86. The van der Waals surface area contributed by atoms with Gasteiger partial charge in [-0.25, -0.2) is 9.97 Å². The standard InChI is InChI=1S/C14H25N3S/c1-3-5-6-7-8-9-15-10-13-11-16-14(17-12-13)18-4-2/h11-12,15H,3-10H2,1-2H3. The van der Waals surface area contributed by atoms with Crippen molar-refractivity contribution < 1.29 is 0 Å². The lowest BCUT2D eigenvalue weighted by molar-refractivity contribution is 0.582. The molecule has 0 radical (unpaired) electrons. The summed E-state index contributed by atoms with van der Waals surface area (Å²) in [6.07, 6.45) is 10.5. The highest BCUT2D eigenvalue weighted by Crippen LogP contribution is 2.10. The van der Waals surface area contributed by atoms with Crippen molar-refractivity contribution in [1.29, 1.82) is 0 Å². The zero-order valence-electron chi connectivity index (χ0n) is 11.6. The Morgan fingerprint density at radius 2 is 1.78 bits per heavy atom. The van der Waals surface area contributed by atoms with Gasteiger partial charge in [0.15, 0.2) is 5.16 Å². The minimum atomic E-state index is 0.876. The highest BCUT2D eigenvalue weighted by Gasteiger charge is 1.97. The largest absolute Gasteiger partial charge is 0.313 e. The van der Waals surface area contributed by atoms with Gasteiger partial charge in [0.2, 0.25) is 0 Å². The lowest BCUT2D eigenvalue weighted by Gasteiger charge is -2.05. The molecule has 1 N–H and O–H groups in total. The summed E-state index contributed by atoms with van der Waals surface area (Å²) in [5, 5.41) is 4.32. The summed E-state index contributed by atoms with van der Waals surface area (Å²) in [6.45, 7) is 6.33. The third kappa shape index (κ3) is 6.97. The van der Waals surface area contributed by atoms with Crippen LogP contribution in [-0.2, 0) is 6.54 Å². The van der Waals surface area contributed by atoms with Gasteiger partial charge in [0.25, 0.3) is 0 Å². The van der Waals surface area contributed by atoms with Gasteiger partial charge >= 0.3 is 0 Å². The van der Waals surface area contributed by atoms with Crippen LogP contribution in [0.2, 0.25) is 0 Å². The third-order valence-corrected chi connectivity index (χ3v) is 3.50. The molecule has 1 aromatic heterocycles. The summed E-state index contributed by atoms with van der Waals surface area (Å²) in [4.78, 5) is 8.64. The van der Waals surface area contributed by atoms with E-state index in [9.17, 15) is 0 Å². The van der Waals surface area contributed by atoms with Crippen molar-refractivity contribution in [3.8, 4) is 0 Å². The minimum Gasteiger partial charge on any atom is -0.313 e. The normalized spacial score (nSPS) is 10.8. The Bertz CT molecular complexity index is 300. The molecule has 0 saturated heterocycles. The zero-order valence-corrected chi connectivity index (χ0v) is 12.4. The van der Waals surface area contributed by atoms with E-state index in [1.54, 1.807) is 11.8 Å². The van der Waals surface area contributed by atoms with E-state index in [1.807, 2.05) is 12.4 Å². The molecule has 1 aromatic rings. The summed E-state index contributed by atoms with van der Waals surface area (Å²) >= 11 is 1.68. The summed E-state index contributed by atoms with van der Waals surface area (Å²) in [5.41, 5.74) is 1.17. The number of nitrogens with one attached hydrogen (secondary N) is 1. The zero-order chi connectivity index (χ0) is 13.1. The minimum absolute atomic E-state index is 0.876. The maximum Gasteiger partial charge on any atom is 0.187 e. The van der Waals surface area contributed by atoms with E-state index in [1.165, 1.54) is 37.7 Å². The molecular weight excluding hydrogens is 242 g/mol. The van der Waals surface area contributed by atoms with E-state index in [2.05, 4.69) is 29.1 Å². The number of hydrogen-bond acceptors (Lipinski definition) is 4. The Morgan fingerprint density at radius 3 is 2.44 bits per heavy atom. The van der Waals surface area contributed by atoms with Gasteiger partial charge in [-0.15, -0.1) is 0 Å². The second-order valence-electron chi connectivity index (χ2n) is 4.40. The molecule has 1 rings (SSSR count). The van der Waals surface area contributed by atoms with E-state index in [-0.39, 0.29) is 0 Å². The lowest BCUT2D eigenvalue weighted by atomic mass is 10.1. The molecule has 4 heteroatoms. The van der Waals surface area contributed by atoms with Gasteiger partial charge in [-0.2, -0.15) is 0 Å². The van der Waals surface area contributed by atoms with Crippen molar-refractivity contribution in [3.05, 3.63) is 18.0 Å². The second kappa shape index (κ2) is 10.3. The highest BCUT2D eigenvalue weighted by molar-refractivity contribution is 7.99. The summed E-state index contributed by atoms with van der Waals surface area (Å²) < 4.78 is 0. The van der Waals surface area contributed by atoms with Gasteiger partial charge in [-0.3, -0.25) is 0 Å². The average Bonchev–Trinajstić information content (AvgIpc) is 2.40. The maximum atomic E-state index is 4.32. The average molecular weight is 267 g/mol. The van der Waals surface area contributed by atoms with Crippen LogP contribution in [0.4, 0.5) is 0 Å². The molecule has 0 unspecified atom stereocenters. The number of hydrogen-bond donors (Lipinski definition) is 1. The van der Waals surface area contributed by atoms with Gasteiger partial charge in [0.05, 0.1) is 0 Å². The Balaban J connectivity index is 2.08. The van der Waals surface area contributed by atoms with Crippen LogP contribution in [0.5, 0.6) is 0 Å². The van der Waals surface area contributed by atoms with Crippen molar-refractivity contribution in [2.75, 3.05) is 12.3 Å². The summed E-state index contributed by atoms with van der Waals surface area (Å²) in [5.74, 6) is 1.02. The molecule has 0 atom stereocenters. The molecule has 102 valence electrons. The van der Waals surface area contributed by atoms with Gasteiger partial charge in [0.1, 0.15) is 0 Å². The van der Waals surface area contributed by atoms with Crippen LogP contribution in [0, 0.1) is 0 Å². The molecule has 0 amide bonds. The molecule has 0 bridgehead atoms. The first kappa shape index (κ1) is 15.4. The van der Waals surface area contributed by atoms with Crippen molar-refractivity contribution >= 4 is 11.8 Å². The Morgan fingerprint density at radius 1 is 1.06 bits per heavy atom. The molecule has 0 aliphatic carbocycles. The molecule has 0 aromatic carbocycles. The number of aromatic nitrogens is 2. The van der Waals surface area contributed by atoms with Crippen molar-refractivity contribution in [2.45, 2.75) is 57.7 Å². The number of thioether (sulfide) groups is 1. The fraction of sp³-hybridized carbons (Fsp3) is 0.714. The van der Waals surface area contributed by atoms with Crippen molar-refractivity contribution in [2.24, 2.45) is 0 Å². The molecule has 0 aliphatic heterocycles. The molecule has 3 nitrogen and oxygen atoms in total. The molecule has 0 spiro atoms. The molecule has 1 heterocycles. The summed E-state index contributed by atoms with van der Waals surface area (Å²) in [7, 11) is 0. The smallest absolute Gasteiger partial charge is 0.187 e. The van der Waals surface area contributed by atoms with Crippen LogP contribution in [0.25, 0.3) is 0 Å². The van der Waals surface area contributed by atoms with Crippen LogP contribution in [-0.4, -0.2) is 22.3 Å². The molecule has 18 heavy (non-hydrogen) atoms. The predicted molar refractivity (Wildman–Crippen MR) is 78.9 cm³/mol. The first-order valence-corrected chi connectivity index (χ1v) is 7.99. The first-order chi connectivity index (χ1) is 8.86. The van der Waals surface area contributed by atoms with Gasteiger partial charge in [-0.05, 0) is 18.7 Å². The Labute approximate surface area is 115 Å². The van der Waals surface area contributed by atoms with Crippen LogP contribution < -0.4 is 5.32 Å². The van der Waals surface area contributed by atoms with Crippen LogP contribution >= 0.6 is 11.8 Å². The van der Waals surface area contributed by atoms with Crippen LogP contribution in [0.1, 0.15) is 51.5 Å². The van der Waals surface area contributed by atoms with Gasteiger partial charge < -0.3 is 5.32 Å². The number of rotatable bonds is 10. The molecule has 0 fully saturated rings. The topological polar surface area (TPSA) is 37.8 Å². The summed E-state index contributed by atoms with van der Waals surface area (Å²) in [6, 6.07) is 0. The lowest BCUT2D eigenvalue weighted by Crippen LogP contribution is -2.15. The monoisotopic (exact) mass is 267 g/mol. The van der Waals surface area contributed by atoms with E-state index in [0.29, 0.717) is 0 Å². The van der Waals surface area contributed by atoms with Crippen LogP contribution in [0.15, 0.2) is 17.6 Å². The number of unbranched alkanes of at least 4 members (excludes halogenated alkanes) is 4. The fourth-order valence-corrected chi connectivity index (χ4v) is 2.24. The maximum absolute atomic E-state index is 4.32. The molecule has 0 saturated carbocycles. The predicted octanol–water partition coefficient (Wildman–Crippen LogP) is 3.65. The van der Waals surface area contributed by atoms with E-state index < -0.39 is 0 Å². The van der Waals surface area contributed by atoms with Crippen LogP contribution in [0.3, 0.4) is 0 Å². The quantitative estimate of drug-likeness (QED) is 0.399. The van der Waals surface area contributed by atoms with E-state index >= 15 is 0 Å². The fourth-order valence-electron chi connectivity index (χ4n) is 1.72. The highest BCUT2D eigenvalue weighted by atomic mass is 32.2. The number of nitrogens with zero attached hydrogens (tertiary/aromatic N) is 2. The third-order valence-electron chi connectivity index (χ3n) is 2.74. The first-order valence-electron chi connectivity index (χ1n) is 7.01. The van der Waals surface area contributed by atoms with Crippen molar-refractivity contribution in [1.82, 2.24) is 15.3 Å². The van der Waals surface area contributed by atoms with E-state index in [4.69, 9.17) is 0 Å². The van der Waals surface area contributed by atoms with Crippen molar-refractivity contribution in [3.63, 3.8) is 0 Å². The van der Waals surface area contributed by atoms with Gasteiger partial charge in [-0.1, -0.05) is 51.3 Å².